The van der Waals surface area contributed by atoms with Crippen LogP contribution < -0.4 is 31.9 Å². The van der Waals surface area contributed by atoms with Gasteiger partial charge in [0.15, 0.2) is 12.0 Å². The zero-order valence-electron chi connectivity index (χ0n) is 37.0. The fraction of sp³-hybridized carbons (Fsp3) is 0.780. The molecule has 1 fully saturated rings. The summed E-state index contributed by atoms with van der Waals surface area (Å²) in [5.41, 5.74) is -1.19. The Kier molecular flexibility index (Phi) is 19.4. The summed E-state index contributed by atoms with van der Waals surface area (Å²) < 4.78 is 28.2. The number of hydrogen-bond donors (Lipinski definition) is 7. The molecule has 2 aliphatic rings. The van der Waals surface area contributed by atoms with Crippen LogP contribution in [0.2, 0.25) is 0 Å². The molecular weight excluding hydrogens is 750 g/mol. The summed E-state index contributed by atoms with van der Waals surface area (Å²) in [7, 11) is 0. The number of amides is 4. The monoisotopic (exact) mass is 824 g/mol. The van der Waals surface area contributed by atoms with E-state index in [1.54, 1.807) is 6.92 Å². The van der Waals surface area contributed by atoms with Gasteiger partial charge in [-0.3, -0.25) is 10.6 Å². The van der Waals surface area contributed by atoms with E-state index in [-0.39, 0.29) is 48.1 Å². The van der Waals surface area contributed by atoms with Crippen LogP contribution in [0.1, 0.15) is 109 Å². The number of aliphatic hydroxyl groups excluding tert-OH is 1. The fourth-order valence-corrected chi connectivity index (χ4v) is 7.03. The molecule has 17 nitrogen and oxygen atoms in total. The van der Waals surface area contributed by atoms with Gasteiger partial charge in [0.2, 0.25) is 5.96 Å². The van der Waals surface area contributed by atoms with Gasteiger partial charge in [0.05, 0.1) is 6.10 Å². The smallest absolute Gasteiger partial charge is 0.407 e. The van der Waals surface area contributed by atoms with Crippen molar-refractivity contribution in [1.82, 2.24) is 31.9 Å². The summed E-state index contributed by atoms with van der Waals surface area (Å²) in [6.45, 7) is 29.2. The van der Waals surface area contributed by atoms with Gasteiger partial charge in [-0.05, 0) is 103 Å². The molecule has 0 bridgehead atoms. The van der Waals surface area contributed by atoms with E-state index in [0.29, 0.717) is 44.2 Å². The normalized spacial score (nSPS) is 21.4. The Labute approximate surface area is 345 Å². The standard InChI is InChI=1S/C41H73N7O10/c1-14-33(50)54-19-20-55-36(52)44-25-39(10,11)22-26(2)15-17-45-41(31(7)57-41)30(6)56-29(5)40(12,13)58-37(53)42-18-16-38(8,9)23-27(3)24-43-35(51)48-34-46-28(4)21-32(49)47-34/h14,21,26-27,29-32,45,49H,1,15-20,22-25H2,2-13H3,(H,42,53)(H,44,52)(H3,43,46,47,48,51). The number of ether oxygens (including phenoxy) is 5. The Morgan fingerprint density at radius 1 is 0.966 bits per heavy atom. The van der Waals surface area contributed by atoms with Crippen LogP contribution in [-0.2, 0) is 28.5 Å². The molecule has 332 valence electrons. The zero-order valence-corrected chi connectivity index (χ0v) is 37.0. The Bertz CT molecular complexity index is 1450. The number of rotatable bonds is 24. The molecule has 17 heteroatoms. The number of epoxide rings is 1. The van der Waals surface area contributed by atoms with E-state index in [2.05, 4.69) is 85.0 Å². The molecule has 0 aromatic rings. The lowest BCUT2D eigenvalue weighted by Crippen LogP contribution is -2.51. The van der Waals surface area contributed by atoms with Crippen LogP contribution in [0, 0.1) is 22.7 Å². The van der Waals surface area contributed by atoms with Gasteiger partial charge in [-0.15, -0.1) is 0 Å². The molecule has 2 rings (SSSR count). The van der Waals surface area contributed by atoms with Crippen molar-refractivity contribution in [3.8, 4) is 0 Å². The Hall–Kier alpha value is -3.93. The summed E-state index contributed by atoms with van der Waals surface area (Å²) in [4.78, 5) is 52.4. The summed E-state index contributed by atoms with van der Waals surface area (Å²) in [6, 6.07) is -0.414. The lowest BCUT2D eigenvalue weighted by molar-refractivity contribution is -0.138. The molecule has 1 saturated heterocycles. The van der Waals surface area contributed by atoms with Crippen LogP contribution in [0.5, 0.6) is 0 Å². The van der Waals surface area contributed by atoms with Crippen LogP contribution in [0.25, 0.3) is 0 Å². The van der Waals surface area contributed by atoms with Crippen molar-refractivity contribution in [3.63, 3.8) is 0 Å². The Balaban J connectivity index is 1.70. The second kappa shape index (κ2) is 22.4. The molecule has 0 aliphatic carbocycles. The highest BCUT2D eigenvalue weighted by atomic mass is 16.7. The molecule has 7 unspecified atom stereocenters. The first-order valence-electron chi connectivity index (χ1n) is 20.4. The molecule has 0 saturated carbocycles. The van der Waals surface area contributed by atoms with E-state index < -0.39 is 47.8 Å². The first-order valence-corrected chi connectivity index (χ1v) is 20.4. The number of allylic oxidation sites excluding steroid dienone is 1. The molecule has 0 radical (unpaired) electrons. The SMILES string of the molecule is C=CC(=O)OCCOC(=O)NCC(C)(C)CC(C)CCNC1(C(C)OC(C)C(C)(C)OC(=O)NCCC(C)(C)CC(C)CNC(=O)NC2=NC(O)C=C(C)N2)OC1C. The number of carbonyl (C=O) groups excluding carboxylic acids is 4. The van der Waals surface area contributed by atoms with Gasteiger partial charge in [-0.25, -0.2) is 24.2 Å². The van der Waals surface area contributed by atoms with Gasteiger partial charge >= 0.3 is 24.2 Å². The lowest BCUT2D eigenvalue weighted by atomic mass is 9.80. The Morgan fingerprint density at radius 3 is 2.22 bits per heavy atom. The van der Waals surface area contributed by atoms with Crippen LogP contribution in [-0.4, -0.2) is 111 Å². The van der Waals surface area contributed by atoms with E-state index >= 15 is 0 Å². The van der Waals surface area contributed by atoms with E-state index in [4.69, 9.17) is 23.7 Å². The van der Waals surface area contributed by atoms with Crippen molar-refractivity contribution >= 4 is 30.1 Å². The molecule has 2 aliphatic heterocycles. The van der Waals surface area contributed by atoms with Gasteiger partial charge < -0.3 is 50.1 Å². The molecular formula is C41H73N7O10. The predicted molar refractivity (Wildman–Crippen MR) is 222 cm³/mol. The summed E-state index contributed by atoms with van der Waals surface area (Å²) in [5.74, 6) is 0.127. The number of esters is 1. The molecule has 7 N–H and O–H groups in total. The van der Waals surface area contributed by atoms with E-state index in [9.17, 15) is 24.3 Å². The van der Waals surface area contributed by atoms with Crippen molar-refractivity contribution in [2.24, 2.45) is 27.7 Å². The van der Waals surface area contributed by atoms with Gasteiger partial charge in [0, 0.05) is 31.4 Å². The number of alkyl carbamates (subject to hydrolysis) is 2. The number of hydrogen-bond acceptors (Lipinski definition) is 13. The van der Waals surface area contributed by atoms with Crippen LogP contribution in [0.4, 0.5) is 14.4 Å². The fourth-order valence-electron chi connectivity index (χ4n) is 7.03. The first kappa shape index (κ1) is 50.2. The van der Waals surface area contributed by atoms with Gasteiger partial charge in [-0.1, -0.05) is 48.1 Å². The van der Waals surface area contributed by atoms with Crippen LogP contribution in [0.3, 0.4) is 0 Å². The van der Waals surface area contributed by atoms with Crippen LogP contribution in [0.15, 0.2) is 29.4 Å². The van der Waals surface area contributed by atoms with Gasteiger partial charge in [0.1, 0.15) is 31.0 Å². The summed E-state index contributed by atoms with van der Waals surface area (Å²) in [6.07, 6.45) is 2.91. The third kappa shape index (κ3) is 18.3. The Morgan fingerprint density at radius 2 is 1.60 bits per heavy atom. The van der Waals surface area contributed by atoms with Crippen molar-refractivity contribution in [1.29, 1.82) is 0 Å². The number of aliphatic hydroxyl groups is 1. The number of carbonyl (C=O) groups is 4. The third-order valence-electron chi connectivity index (χ3n) is 10.4. The minimum absolute atomic E-state index is 0.0320. The zero-order chi connectivity index (χ0) is 43.9. The molecule has 0 spiro atoms. The maximum Gasteiger partial charge on any atom is 0.407 e. The van der Waals surface area contributed by atoms with Crippen molar-refractivity contribution in [2.75, 3.05) is 39.4 Å². The highest BCUT2D eigenvalue weighted by Crippen LogP contribution is 2.40. The number of nitrogens with zero attached hydrogens (tertiary/aromatic N) is 1. The quantitative estimate of drug-likeness (QED) is 0.0229. The second-order valence-electron chi connectivity index (χ2n) is 17.9. The van der Waals surface area contributed by atoms with Crippen LogP contribution >= 0.6 is 0 Å². The molecule has 0 aromatic heterocycles. The van der Waals surface area contributed by atoms with Crippen molar-refractivity contribution in [3.05, 3.63) is 24.4 Å². The maximum atomic E-state index is 12.9. The first-order chi connectivity index (χ1) is 26.9. The van der Waals surface area contributed by atoms with Gasteiger partial charge in [-0.2, -0.15) is 0 Å². The number of guanidine groups is 1. The molecule has 2 heterocycles. The average Bonchev–Trinajstić information content (AvgIpc) is 3.76. The molecule has 0 aromatic carbocycles. The second-order valence-corrected chi connectivity index (χ2v) is 17.9. The highest BCUT2D eigenvalue weighted by Gasteiger charge is 2.58. The van der Waals surface area contributed by atoms with Crippen molar-refractivity contribution in [2.45, 2.75) is 145 Å². The summed E-state index contributed by atoms with van der Waals surface area (Å²) >= 11 is 0. The van der Waals surface area contributed by atoms with Gasteiger partial charge in [0.25, 0.3) is 0 Å². The molecule has 58 heavy (non-hydrogen) atoms. The molecule has 4 amide bonds. The number of urea groups is 1. The topological polar surface area (TPSA) is 222 Å². The third-order valence-corrected chi connectivity index (χ3v) is 10.4. The largest absolute Gasteiger partial charge is 0.459 e. The number of nitrogens with one attached hydrogen (secondary N) is 6. The van der Waals surface area contributed by atoms with Crippen molar-refractivity contribution < 1.29 is 48.0 Å². The lowest BCUT2D eigenvalue weighted by Gasteiger charge is -2.35. The minimum Gasteiger partial charge on any atom is -0.459 e. The van der Waals surface area contributed by atoms with E-state index in [1.807, 2.05) is 34.6 Å². The van der Waals surface area contributed by atoms with E-state index in [1.165, 1.54) is 6.08 Å². The number of aliphatic imine (C=N–C) groups is 1. The maximum absolute atomic E-state index is 12.9. The minimum atomic E-state index is -0.998. The highest BCUT2D eigenvalue weighted by molar-refractivity contribution is 5.97. The predicted octanol–water partition coefficient (Wildman–Crippen LogP) is 4.81. The molecule has 7 atom stereocenters. The van der Waals surface area contributed by atoms with E-state index in [0.717, 1.165) is 25.3 Å². The summed E-state index contributed by atoms with van der Waals surface area (Å²) in [5, 5.41) is 27.3. The average molecular weight is 824 g/mol.